The van der Waals surface area contributed by atoms with E-state index in [9.17, 15) is 0 Å². The van der Waals surface area contributed by atoms with Crippen molar-refractivity contribution in [2.45, 2.75) is 19.8 Å². The first-order valence-electron chi connectivity index (χ1n) is 6.22. The molecular formula is C14H15N5. The molecule has 0 unspecified atom stereocenters. The fourth-order valence-electron chi connectivity index (χ4n) is 2.26. The predicted octanol–water partition coefficient (Wildman–Crippen LogP) is 2.52. The van der Waals surface area contributed by atoms with Crippen LogP contribution in [-0.4, -0.2) is 19.7 Å². The zero-order chi connectivity index (χ0) is 13.4. The van der Waals surface area contributed by atoms with Crippen molar-refractivity contribution in [3.63, 3.8) is 0 Å². The van der Waals surface area contributed by atoms with Gasteiger partial charge >= 0.3 is 0 Å². The molecule has 0 amide bonds. The molecule has 0 atom stereocenters. The van der Waals surface area contributed by atoms with Gasteiger partial charge in [0.1, 0.15) is 12.1 Å². The van der Waals surface area contributed by atoms with Crippen LogP contribution in [0.15, 0.2) is 36.8 Å². The summed E-state index contributed by atoms with van der Waals surface area (Å²) in [6.07, 6.45) is 3.31. The third-order valence-corrected chi connectivity index (χ3v) is 3.15. The number of nitrogens with two attached hydrogens (primary N) is 1. The van der Waals surface area contributed by atoms with Gasteiger partial charge in [-0.1, -0.05) is 32.0 Å². The lowest BCUT2D eigenvalue weighted by Crippen LogP contribution is -2.10. The molecule has 0 aliphatic carbocycles. The minimum Gasteiger partial charge on any atom is -0.383 e. The van der Waals surface area contributed by atoms with Crippen molar-refractivity contribution in [3.05, 3.63) is 42.4 Å². The molecule has 3 rings (SSSR count). The van der Waals surface area contributed by atoms with Gasteiger partial charge in [-0.05, 0) is 12.0 Å². The Bertz CT molecular complexity index is 730. The molecule has 0 radical (unpaired) electrons. The molecule has 3 aromatic rings. The Morgan fingerprint density at radius 3 is 2.74 bits per heavy atom. The number of nitrogens with zero attached hydrogens (tertiary/aromatic N) is 4. The lowest BCUT2D eigenvalue weighted by molar-refractivity contribution is 0.789. The van der Waals surface area contributed by atoms with Crippen LogP contribution in [0.25, 0.3) is 16.7 Å². The van der Waals surface area contributed by atoms with E-state index in [1.807, 2.05) is 35.1 Å². The molecular weight excluding hydrogens is 238 g/mol. The average molecular weight is 253 g/mol. The first kappa shape index (κ1) is 11.6. The number of hydrogen-bond acceptors (Lipinski definition) is 4. The van der Waals surface area contributed by atoms with Gasteiger partial charge in [0.25, 0.3) is 0 Å². The van der Waals surface area contributed by atoms with Gasteiger partial charge in [0, 0.05) is 10.9 Å². The third-order valence-electron chi connectivity index (χ3n) is 3.15. The fraction of sp³-hybridized carbons (Fsp3) is 0.214. The quantitative estimate of drug-likeness (QED) is 0.761. The summed E-state index contributed by atoms with van der Waals surface area (Å²) >= 11 is 0. The maximum absolute atomic E-state index is 5.98. The summed E-state index contributed by atoms with van der Waals surface area (Å²) in [5, 5.41) is 5.50. The van der Waals surface area contributed by atoms with Crippen LogP contribution in [0.1, 0.15) is 25.3 Å². The number of nitrogen functional groups attached to an aromatic ring is 1. The van der Waals surface area contributed by atoms with Crippen molar-refractivity contribution in [3.8, 4) is 5.82 Å². The molecule has 2 N–H and O–H groups in total. The lowest BCUT2D eigenvalue weighted by Gasteiger charge is -2.13. The van der Waals surface area contributed by atoms with Gasteiger partial charge in [0.15, 0.2) is 5.82 Å². The Morgan fingerprint density at radius 1 is 1.16 bits per heavy atom. The Hall–Kier alpha value is -2.43. The van der Waals surface area contributed by atoms with Crippen molar-refractivity contribution in [1.29, 1.82) is 0 Å². The number of fused-ring (bicyclic) bond motifs is 1. The van der Waals surface area contributed by atoms with E-state index < -0.39 is 0 Å². The molecule has 0 aliphatic heterocycles. The molecule has 2 aromatic heterocycles. The van der Waals surface area contributed by atoms with Crippen molar-refractivity contribution >= 4 is 16.7 Å². The molecule has 0 saturated carbocycles. The van der Waals surface area contributed by atoms with Crippen LogP contribution >= 0.6 is 0 Å². The summed E-state index contributed by atoms with van der Waals surface area (Å²) in [5.41, 5.74) is 7.92. The van der Waals surface area contributed by atoms with Crippen LogP contribution in [0.2, 0.25) is 0 Å². The zero-order valence-corrected chi connectivity index (χ0v) is 10.9. The van der Waals surface area contributed by atoms with E-state index in [1.165, 1.54) is 6.33 Å². The van der Waals surface area contributed by atoms with Gasteiger partial charge in [-0.15, -0.1) is 0 Å². The third kappa shape index (κ3) is 1.83. The Labute approximate surface area is 111 Å². The summed E-state index contributed by atoms with van der Waals surface area (Å²) in [6.45, 7) is 4.15. The van der Waals surface area contributed by atoms with Crippen LogP contribution in [0.3, 0.4) is 0 Å². The molecule has 2 heterocycles. The van der Waals surface area contributed by atoms with Crippen molar-refractivity contribution < 1.29 is 0 Å². The topological polar surface area (TPSA) is 69.6 Å². The molecule has 0 spiro atoms. The molecule has 0 saturated heterocycles. The second-order valence-corrected chi connectivity index (χ2v) is 4.77. The minimum absolute atomic E-state index is 0.235. The van der Waals surface area contributed by atoms with Gasteiger partial charge in [0.2, 0.25) is 0 Å². The Balaban J connectivity index is 2.30. The smallest absolute Gasteiger partial charge is 0.162 e. The summed E-state index contributed by atoms with van der Waals surface area (Å²) < 4.78 is 1.82. The van der Waals surface area contributed by atoms with Crippen LogP contribution in [0, 0.1) is 0 Å². The molecule has 19 heavy (non-hydrogen) atoms. The number of rotatable bonds is 2. The number of hydrogen-bond donors (Lipinski definition) is 1. The molecule has 5 heteroatoms. The van der Waals surface area contributed by atoms with E-state index in [2.05, 4.69) is 28.9 Å². The second kappa shape index (κ2) is 4.35. The van der Waals surface area contributed by atoms with E-state index in [0.29, 0.717) is 5.82 Å². The van der Waals surface area contributed by atoms with Gasteiger partial charge in [-0.25, -0.2) is 14.6 Å². The Kier molecular flexibility index (Phi) is 2.67. The Morgan fingerprint density at radius 2 is 1.95 bits per heavy atom. The molecule has 0 aliphatic rings. The first-order chi connectivity index (χ1) is 9.18. The van der Waals surface area contributed by atoms with E-state index in [4.69, 9.17) is 5.73 Å². The lowest BCUT2D eigenvalue weighted by atomic mass is 10.0. The minimum atomic E-state index is 0.235. The van der Waals surface area contributed by atoms with Crippen molar-refractivity contribution in [2.75, 3.05) is 5.73 Å². The summed E-state index contributed by atoms with van der Waals surface area (Å²) in [6, 6.07) is 8.02. The van der Waals surface area contributed by atoms with Crippen molar-refractivity contribution in [2.24, 2.45) is 0 Å². The van der Waals surface area contributed by atoms with E-state index >= 15 is 0 Å². The highest BCUT2D eigenvalue weighted by Gasteiger charge is 2.16. The van der Waals surface area contributed by atoms with E-state index in [0.717, 1.165) is 22.3 Å². The van der Waals surface area contributed by atoms with Crippen LogP contribution in [0.5, 0.6) is 0 Å². The molecule has 5 nitrogen and oxygen atoms in total. The summed E-state index contributed by atoms with van der Waals surface area (Å²) in [4.78, 5) is 8.44. The number of anilines is 1. The van der Waals surface area contributed by atoms with Gasteiger partial charge in [0.05, 0.1) is 11.7 Å². The van der Waals surface area contributed by atoms with Gasteiger partial charge in [-0.3, -0.25) is 0 Å². The monoisotopic (exact) mass is 253 g/mol. The largest absolute Gasteiger partial charge is 0.383 e. The number of aromatic nitrogens is 4. The summed E-state index contributed by atoms with van der Waals surface area (Å²) in [7, 11) is 0. The van der Waals surface area contributed by atoms with E-state index in [-0.39, 0.29) is 5.92 Å². The average Bonchev–Trinajstić information content (AvgIpc) is 2.81. The van der Waals surface area contributed by atoms with Crippen LogP contribution < -0.4 is 5.73 Å². The van der Waals surface area contributed by atoms with E-state index in [1.54, 1.807) is 0 Å². The number of benzene rings is 1. The first-order valence-corrected chi connectivity index (χ1v) is 6.22. The van der Waals surface area contributed by atoms with Crippen LogP contribution in [0.4, 0.5) is 5.82 Å². The maximum atomic E-state index is 5.98. The second-order valence-electron chi connectivity index (χ2n) is 4.77. The van der Waals surface area contributed by atoms with Gasteiger partial charge < -0.3 is 5.73 Å². The SMILES string of the molecule is CC(C)c1c(N)ncnc1-n1ncc2ccccc21. The molecule has 1 aromatic carbocycles. The molecule has 0 fully saturated rings. The highest BCUT2D eigenvalue weighted by molar-refractivity contribution is 5.80. The maximum Gasteiger partial charge on any atom is 0.162 e. The normalized spacial score (nSPS) is 11.3. The molecule has 96 valence electrons. The zero-order valence-electron chi connectivity index (χ0n) is 10.9. The van der Waals surface area contributed by atoms with Crippen molar-refractivity contribution in [1.82, 2.24) is 19.7 Å². The molecule has 0 bridgehead atoms. The highest BCUT2D eigenvalue weighted by Crippen LogP contribution is 2.27. The van der Waals surface area contributed by atoms with Crippen LogP contribution in [-0.2, 0) is 0 Å². The number of para-hydroxylation sites is 1. The standard InChI is InChI=1S/C14H15N5/c1-9(2)12-13(15)16-8-17-14(12)19-11-6-4-3-5-10(11)7-18-19/h3-9H,1-2H3,(H2,15,16,17). The highest BCUT2D eigenvalue weighted by atomic mass is 15.3. The summed E-state index contributed by atoms with van der Waals surface area (Å²) in [5.74, 6) is 1.50. The predicted molar refractivity (Wildman–Crippen MR) is 75.2 cm³/mol. The van der Waals surface area contributed by atoms with Gasteiger partial charge in [-0.2, -0.15) is 5.10 Å². The fourth-order valence-corrected chi connectivity index (χ4v) is 2.26.